The monoisotopic (exact) mass is 249 g/mol. The second kappa shape index (κ2) is 9.62. The number of hydrogen-bond donors (Lipinski definition) is 1. The predicted octanol–water partition coefficient (Wildman–Crippen LogP) is 1.42. The van der Waals surface area contributed by atoms with Gasteiger partial charge in [0.2, 0.25) is 0 Å². The lowest BCUT2D eigenvalue weighted by Gasteiger charge is -2.18. The summed E-state index contributed by atoms with van der Waals surface area (Å²) in [4.78, 5) is 10.7. The Bertz CT molecular complexity index is 188. The number of methoxy groups -OCH3 is 1. The van der Waals surface area contributed by atoms with E-state index in [1.807, 2.05) is 0 Å². The van der Waals surface area contributed by atoms with Crippen molar-refractivity contribution in [1.29, 1.82) is 0 Å². The molecule has 0 aliphatic heterocycles. The molecule has 1 amide bonds. The maximum absolute atomic E-state index is 10.7. The second-order valence-electron chi connectivity index (χ2n) is 3.73. The van der Waals surface area contributed by atoms with E-state index in [1.165, 1.54) is 7.11 Å². The Kier molecular flexibility index (Phi) is 9.26. The van der Waals surface area contributed by atoms with Crippen LogP contribution in [-0.4, -0.2) is 43.3 Å². The van der Waals surface area contributed by atoms with Gasteiger partial charge < -0.3 is 18.9 Å². The lowest BCUT2D eigenvalue weighted by molar-refractivity contribution is 0.171. The highest BCUT2D eigenvalue weighted by Crippen LogP contribution is 2.18. The molecule has 0 aromatic rings. The highest BCUT2D eigenvalue weighted by atomic mass is 28.3. The normalized spacial score (nSPS) is 12.6. The van der Waals surface area contributed by atoms with Crippen LogP contribution in [0.2, 0.25) is 5.54 Å². The Labute approximate surface area is 99.3 Å². The molecule has 0 spiro atoms. The van der Waals surface area contributed by atoms with E-state index >= 15 is 0 Å². The fourth-order valence-corrected chi connectivity index (χ4v) is 3.18. The number of unbranched alkanes of at least 4 members (excludes halogenated alkanes) is 1. The fraction of sp³-hybridized carbons (Fsp3) is 0.900. The van der Waals surface area contributed by atoms with Crippen molar-refractivity contribution in [1.82, 2.24) is 5.32 Å². The Morgan fingerprint density at radius 1 is 1.25 bits per heavy atom. The van der Waals surface area contributed by atoms with E-state index in [2.05, 4.69) is 17.0 Å². The van der Waals surface area contributed by atoms with Gasteiger partial charge in [-0.1, -0.05) is 13.3 Å². The number of hydrogen-bond acceptors (Lipinski definition) is 4. The maximum atomic E-state index is 10.7. The number of amides is 1. The van der Waals surface area contributed by atoms with Crippen molar-refractivity contribution in [3.63, 3.8) is 0 Å². The molecule has 0 heterocycles. The first-order valence-electron chi connectivity index (χ1n) is 5.53. The standard InChI is InChI=1S/C10H23NO4Si/c1-9(16(14-3)15-4)7-5-6-8-11-10(12)13-2/h9,16H,5-8H2,1-4H3,(H,11,12). The smallest absolute Gasteiger partial charge is 0.406 e. The first kappa shape index (κ1) is 15.4. The van der Waals surface area contributed by atoms with Crippen LogP contribution in [0.4, 0.5) is 4.79 Å². The SMILES string of the molecule is COC(=O)NCCCCC(C)[SiH](OC)OC. The number of nitrogens with one attached hydrogen (secondary N) is 1. The Hall–Kier alpha value is -0.593. The highest BCUT2D eigenvalue weighted by Gasteiger charge is 2.18. The van der Waals surface area contributed by atoms with Gasteiger partial charge in [0.15, 0.2) is 0 Å². The fourth-order valence-electron chi connectivity index (χ4n) is 1.55. The Morgan fingerprint density at radius 3 is 2.38 bits per heavy atom. The number of carbonyl (C=O) groups is 1. The van der Waals surface area contributed by atoms with Gasteiger partial charge in [0.1, 0.15) is 0 Å². The van der Waals surface area contributed by atoms with E-state index in [9.17, 15) is 4.79 Å². The molecule has 6 heteroatoms. The molecule has 96 valence electrons. The van der Waals surface area contributed by atoms with E-state index < -0.39 is 9.28 Å². The molecule has 16 heavy (non-hydrogen) atoms. The van der Waals surface area contributed by atoms with Gasteiger partial charge in [0.25, 0.3) is 0 Å². The third-order valence-corrected chi connectivity index (χ3v) is 4.66. The molecule has 0 bridgehead atoms. The van der Waals surface area contributed by atoms with Crippen LogP contribution in [0.15, 0.2) is 0 Å². The minimum Gasteiger partial charge on any atom is -0.453 e. The summed E-state index contributed by atoms with van der Waals surface area (Å²) in [6.07, 6.45) is 2.71. The topological polar surface area (TPSA) is 56.8 Å². The van der Waals surface area contributed by atoms with Crippen molar-refractivity contribution >= 4 is 15.4 Å². The first-order valence-corrected chi connectivity index (χ1v) is 7.14. The molecule has 1 atom stereocenters. The zero-order valence-electron chi connectivity index (χ0n) is 10.6. The minimum absolute atomic E-state index is 0.367. The summed E-state index contributed by atoms with van der Waals surface area (Å²) < 4.78 is 15.1. The minimum atomic E-state index is -1.48. The van der Waals surface area contributed by atoms with Gasteiger partial charge in [-0.15, -0.1) is 0 Å². The zero-order chi connectivity index (χ0) is 12.4. The summed E-state index contributed by atoms with van der Waals surface area (Å²) in [5.74, 6) is 0. The van der Waals surface area contributed by atoms with Crippen molar-refractivity contribution in [3.8, 4) is 0 Å². The summed E-state index contributed by atoms with van der Waals surface area (Å²) in [7, 11) is 3.30. The quantitative estimate of drug-likeness (QED) is 0.522. The Morgan fingerprint density at radius 2 is 1.88 bits per heavy atom. The third-order valence-electron chi connectivity index (χ3n) is 2.47. The molecular formula is C10H23NO4Si. The van der Waals surface area contributed by atoms with Crippen LogP contribution in [0.1, 0.15) is 26.2 Å². The average Bonchev–Trinajstić information content (AvgIpc) is 2.29. The van der Waals surface area contributed by atoms with E-state index in [-0.39, 0.29) is 6.09 Å². The molecule has 0 radical (unpaired) electrons. The molecule has 0 aliphatic carbocycles. The number of carbonyl (C=O) groups excluding carboxylic acids is 1. The predicted molar refractivity (Wildman–Crippen MR) is 64.8 cm³/mol. The lowest BCUT2D eigenvalue weighted by atomic mass is 10.2. The molecule has 1 N–H and O–H groups in total. The largest absolute Gasteiger partial charge is 0.453 e. The average molecular weight is 249 g/mol. The number of ether oxygens (including phenoxy) is 1. The van der Waals surface area contributed by atoms with Crippen LogP contribution in [0.5, 0.6) is 0 Å². The molecule has 1 unspecified atom stereocenters. The van der Waals surface area contributed by atoms with Crippen molar-refractivity contribution in [2.45, 2.75) is 31.7 Å². The van der Waals surface area contributed by atoms with Crippen molar-refractivity contribution in [3.05, 3.63) is 0 Å². The zero-order valence-corrected chi connectivity index (χ0v) is 11.8. The van der Waals surface area contributed by atoms with E-state index in [1.54, 1.807) is 14.2 Å². The maximum Gasteiger partial charge on any atom is 0.406 e. The third kappa shape index (κ3) is 6.81. The van der Waals surface area contributed by atoms with Crippen LogP contribution in [0.25, 0.3) is 0 Å². The second-order valence-corrected chi connectivity index (χ2v) is 6.55. The molecule has 0 fully saturated rings. The van der Waals surface area contributed by atoms with E-state index in [0.29, 0.717) is 12.1 Å². The van der Waals surface area contributed by atoms with E-state index in [4.69, 9.17) is 8.85 Å². The first-order chi connectivity index (χ1) is 7.65. The van der Waals surface area contributed by atoms with Gasteiger partial charge >= 0.3 is 15.4 Å². The summed E-state index contributed by atoms with van der Waals surface area (Å²) in [6.45, 7) is 2.81. The highest BCUT2D eigenvalue weighted by molar-refractivity contribution is 6.46. The van der Waals surface area contributed by atoms with Gasteiger partial charge in [-0.3, -0.25) is 0 Å². The van der Waals surface area contributed by atoms with Gasteiger partial charge in [-0.05, 0) is 18.4 Å². The summed E-state index contributed by atoms with van der Waals surface area (Å²) in [5, 5.41) is 2.65. The van der Waals surface area contributed by atoms with E-state index in [0.717, 1.165) is 19.3 Å². The van der Waals surface area contributed by atoms with Gasteiger partial charge in [0.05, 0.1) is 7.11 Å². The molecule has 0 rings (SSSR count). The molecule has 5 nitrogen and oxygen atoms in total. The molecule has 0 aromatic carbocycles. The van der Waals surface area contributed by atoms with Gasteiger partial charge in [-0.25, -0.2) is 4.79 Å². The molecule has 0 aromatic heterocycles. The summed E-state index contributed by atoms with van der Waals surface area (Å²) in [5.41, 5.74) is 0.494. The van der Waals surface area contributed by atoms with Crippen molar-refractivity contribution < 1.29 is 18.4 Å². The van der Waals surface area contributed by atoms with Crippen LogP contribution < -0.4 is 5.32 Å². The number of alkyl carbamates (subject to hydrolysis) is 1. The molecule has 0 saturated carbocycles. The molecular weight excluding hydrogens is 226 g/mol. The van der Waals surface area contributed by atoms with Crippen molar-refractivity contribution in [2.24, 2.45) is 0 Å². The molecule has 0 saturated heterocycles. The van der Waals surface area contributed by atoms with Gasteiger partial charge in [-0.2, -0.15) is 0 Å². The van der Waals surface area contributed by atoms with Crippen molar-refractivity contribution in [2.75, 3.05) is 27.9 Å². The van der Waals surface area contributed by atoms with Crippen LogP contribution in [0.3, 0.4) is 0 Å². The lowest BCUT2D eigenvalue weighted by Crippen LogP contribution is -2.25. The summed E-state index contributed by atoms with van der Waals surface area (Å²) in [6, 6.07) is 0. The molecule has 0 aliphatic rings. The summed E-state index contributed by atoms with van der Waals surface area (Å²) >= 11 is 0. The van der Waals surface area contributed by atoms with Gasteiger partial charge in [0, 0.05) is 20.8 Å². The van der Waals surface area contributed by atoms with Crippen LogP contribution >= 0.6 is 0 Å². The van der Waals surface area contributed by atoms with Crippen LogP contribution in [0, 0.1) is 0 Å². The Balaban J connectivity index is 3.47. The van der Waals surface area contributed by atoms with Crippen LogP contribution in [-0.2, 0) is 13.6 Å². The number of rotatable bonds is 8.